The SMILES string of the molecule is N#Cc1cccc2c1ccn2Cc1ccccc1Br. The first-order valence-electron chi connectivity index (χ1n) is 6.01. The Kier molecular flexibility index (Phi) is 3.10. The van der Waals surface area contributed by atoms with Crippen LogP contribution in [0.1, 0.15) is 11.1 Å². The molecule has 19 heavy (non-hydrogen) atoms. The summed E-state index contributed by atoms with van der Waals surface area (Å²) in [6.07, 6.45) is 2.03. The number of halogens is 1. The number of benzene rings is 2. The van der Waals surface area contributed by atoms with Gasteiger partial charge in [0.15, 0.2) is 0 Å². The molecule has 0 aliphatic carbocycles. The first-order valence-corrected chi connectivity index (χ1v) is 6.80. The Balaban J connectivity index is 2.08. The zero-order valence-electron chi connectivity index (χ0n) is 10.2. The van der Waals surface area contributed by atoms with E-state index in [4.69, 9.17) is 5.26 Å². The molecule has 0 unspecified atom stereocenters. The number of hydrogen-bond acceptors (Lipinski definition) is 1. The molecule has 92 valence electrons. The fraction of sp³-hybridized carbons (Fsp3) is 0.0625. The average molecular weight is 311 g/mol. The Bertz CT molecular complexity index is 781. The van der Waals surface area contributed by atoms with Crippen LogP contribution in [0.15, 0.2) is 59.2 Å². The van der Waals surface area contributed by atoms with Crippen LogP contribution in [0.25, 0.3) is 10.9 Å². The van der Waals surface area contributed by atoms with Gasteiger partial charge in [-0.15, -0.1) is 0 Å². The van der Waals surface area contributed by atoms with Crippen molar-refractivity contribution in [2.45, 2.75) is 6.54 Å². The summed E-state index contributed by atoms with van der Waals surface area (Å²) in [5.41, 5.74) is 3.04. The standard InChI is InChI=1S/C16H11BrN2/c17-15-6-2-1-4-13(15)11-19-9-8-14-12(10-18)5-3-7-16(14)19/h1-9H,11H2. The largest absolute Gasteiger partial charge is 0.343 e. The molecule has 0 aliphatic rings. The molecule has 0 aliphatic heterocycles. The van der Waals surface area contributed by atoms with Crippen LogP contribution in [0.3, 0.4) is 0 Å². The maximum atomic E-state index is 9.11. The monoisotopic (exact) mass is 310 g/mol. The van der Waals surface area contributed by atoms with Crippen molar-refractivity contribution in [3.8, 4) is 6.07 Å². The van der Waals surface area contributed by atoms with Gasteiger partial charge in [0.25, 0.3) is 0 Å². The summed E-state index contributed by atoms with van der Waals surface area (Å²) in [6, 6.07) is 18.3. The highest BCUT2D eigenvalue weighted by Gasteiger charge is 2.06. The minimum Gasteiger partial charge on any atom is -0.343 e. The molecular formula is C16H11BrN2. The summed E-state index contributed by atoms with van der Waals surface area (Å²) in [5.74, 6) is 0. The Labute approximate surface area is 120 Å². The van der Waals surface area contributed by atoms with Crippen molar-refractivity contribution in [1.82, 2.24) is 4.57 Å². The lowest BCUT2D eigenvalue weighted by atomic mass is 10.1. The number of nitriles is 1. The van der Waals surface area contributed by atoms with E-state index in [0.29, 0.717) is 0 Å². The molecule has 0 atom stereocenters. The molecule has 0 bridgehead atoms. The molecule has 0 amide bonds. The summed E-state index contributed by atoms with van der Waals surface area (Å²) >= 11 is 3.57. The quantitative estimate of drug-likeness (QED) is 0.693. The minimum atomic E-state index is 0.725. The zero-order chi connectivity index (χ0) is 13.2. The highest BCUT2D eigenvalue weighted by molar-refractivity contribution is 9.10. The average Bonchev–Trinajstić information content (AvgIpc) is 2.84. The highest BCUT2D eigenvalue weighted by atomic mass is 79.9. The number of fused-ring (bicyclic) bond motifs is 1. The third-order valence-electron chi connectivity index (χ3n) is 3.23. The molecule has 0 radical (unpaired) electrons. The second-order valence-electron chi connectivity index (χ2n) is 4.39. The van der Waals surface area contributed by atoms with Crippen molar-refractivity contribution in [1.29, 1.82) is 5.26 Å². The molecule has 0 N–H and O–H groups in total. The molecule has 0 saturated heterocycles. The van der Waals surface area contributed by atoms with E-state index in [1.807, 2.05) is 48.7 Å². The predicted octanol–water partition coefficient (Wildman–Crippen LogP) is 4.32. The number of hydrogen-bond donors (Lipinski definition) is 0. The van der Waals surface area contributed by atoms with Gasteiger partial charge >= 0.3 is 0 Å². The predicted molar refractivity (Wildman–Crippen MR) is 79.9 cm³/mol. The topological polar surface area (TPSA) is 28.7 Å². The van der Waals surface area contributed by atoms with Crippen LogP contribution in [0.2, 0.25) is 0 Å². The molecule has 2 nitrogen and oxygen atoms in total. The van der Waals surface area contributed by atoms with E-state index in [2.05, 4.69) is 32.6 Å². The van der Waals surface area contributed by atoms with Crippen LogP contribution in [0, 0.1) is 11.3 Å². The van der Waals surface area contributed by atoms with Crippen molar-refractivity contribution < 1.29 is 0 Å². The van der Waals surface area contributed by atoms with Gasteiger partial charge in [-0.25, -0.2) is 0 Å². The van der Waals surface area contributed by atoms with Crippen LogP contribution >= 0.6 is 15.9 Å². The lowest BCUT2D eigenvalue weighted by molar-refractivity contribution is 0.833. The van der Waals surface area contributed by atoms with Gasteiger partial charge in [-0.05, 0) is 29.8 Å². The first kappa shape index (κ1) is 12.0. The fourth-order valence-corrected chi connectivity index (χ4v) is 2.68. The molecule has 3 rings (SSSR count). The van der Waals surface area contributed by atoms with Gasteiger partial charge < -0.3 is 4.57 Å². The normalized spacial score (nSPS) is 10.5. The van der Waals surface area contributed by atoms with Gasteiger partial charge in [-0.2, -0.15) is 5.26 Å². The molecule has 1 aromatic heterocycles. The summed E-state index contributed by atoms with van der Waals surface area (Å²) < 4.78 is 3.27. The van der Waals surface area contributed by atoms with Crippen molar-refractivity contribution in [2.75, 3.05) is 0 Å². The molecule has 3 heteroatoms. The fourth-order valence-electron chi connectivity index (χ4n) is 2.27. The number of rotatable bonds is 2. The van der Waals surface area contributed by atoms with Gasteiger partial charge in [0.2, 0.25) is 0 Å². The maximum absolute atomic E-state index is 9.11. The zero-order valence-corrected chi connectivity index (χ0v) is 11.8. The molecule has 0 saturated carbocycles. The minimum absolute atomic E-state index is 0.725. The van der Waals surface area contributed by atoms with Gasteiger partial charge in [0.1, 0.15) is 0 Å². The summed E-state index contributed by atoms with van der Waals surface area (Å²) in [7, 11) is 0. The number of nitrogens with zero attached hydrogens (tertiary/aromatic N) is 2. The second-order valence-corrected chi connectivity index (χ2v) is 5.24. The van der Waals surface area contributed by atoms with Crippen LogP contribution in [-0.4, -0.2) is 4.57 Å². The molecule has 3 aromatic rings. The lowest BCUT2D eigenvalue weighted by Gasteiger charge is -2.07. The van der Waals surface area contributed by atoms with E-state index >= 15 is 0 Å². The van der Waals surface area contributed by atoms with Crippen LogP contribution in [0.5, 0.6) is 0 Å². The number of aromatic nitrogens is 1. The van der Waals surface area contributed by atoms with E-state index in [-0.39, 0.29) is 0 Å². The van der Waals surface area contributed by atoms with Crippen molar-refractivity contribution in [2.24, 2.45) is 0 Å². The van der Waals surface area contributed by atoms with Crippen molar-refractivity contribution >= 4 is 26.8 Å². The Morgan fingerprint density at radius 1 is 1.05 bits per heavy atom. The first-order chi connectivity index (χ1) is 9.29. The third kappa shape index (κ3) is 2.16. The van der Waals surface area contributed by atoms with Crippen LogP contribution < -0.4 is 0 Å². The molecule has 1 heterocycles. The van der Waals surface area contributed by atoms with Gasteiger partial charge in [-0.1, -0.05) is 40.2 Å². The summed E-state index contributed by atoms with van der Waals surface area (Å²) in [6.45, 7) is 0.791. The highest BCUT2D eigenvalue weighted by Crippen LogP contribution is 2.23. The Morgan fingerprint density at radius 3 is 2.68 bits per heavy atom. The van der Waals surface area contributed by atoms with Gasteiger partial charge in [0.05, 0.1) is 11.6 Å². The van der Waals surface area contributed by atoms with E-state index in [1.165, 1.54) is 5.56 Å². The smallest absolute Gasteiger partial charge is 0.0998 e. The van der Waals surface area contributed by atoms with Crippen LogP contribution in [-0.2, 0) is 6.54 Å². The Morgan fingerprint density at radius 2 is 1.89 bits per heavy atom. The van der Waals surface area contributed by atoms with Crippen LogP contribution in [0.4, 0.5) is 0 Å². The Hall–Kier alpha value is -2.05. The van der Waals surface area contributed by atoms with Crippen molar-refractivity contribution in [3.63, 3.8) is 0 Å². The van der Waals surface area contributed by atoms with E-state index in [0.717, 1.165) is 27.5 Å². The molecule has 2 aromatic carbocycles. The van der Waals surface area contributed by atoms with E-state index < -0.39 is 0 Å². The van der Waals surface area contributed by atoms with Gasteiger partial charge in [-0.3, -0.25) is 0 Å². The third-order valence-corrected chi connectivity index (χ3v) is 4.01. The second kappa shape index (κ2) is 4.91. The lowest BCUT2D eigenvalue weighted by Crippen LogP contribution is -1.98. The van der Waals surface area contributed by atoms with Gasteiger partial charge in [0, 0.05) is 28.1 Å². The maximum Gasteiger partial charge on any atom is 0.0998 e. The van der Waals surface area contributed by atoms with E-state index in [1.54, 1.807) is 0 Å². The summed E-state index contributed by atoms with van der Waals surface area (Å²) in [4.78, 5) is 0. The molecule has 0 fully saturated rings. The molecule has 0 spiro atoms. The van der Waals surface area contributed by atoms with Crippen molar-refractivity contribution in [3.05, 3.63) is 70.3 Å². The summed E-state index contributed by atoms with van der Waals surface area (Å²) in [5, 5.41) is 10.1. The molecular weight excluding hydrogens is 300 g/mol. The van der Waals surface area contributed by atoms with E-state index in [9.17, 15) is 0 Å².